The maximum Gasteiger partial charge on any atom is 0.243 e. The third kappa shape index (κ3) is 2.78. The molecule has 1 aromatic heterocycles. The van der Waals surface area contributed by atoms with Crippen LogP contribution in [0.2, 0.25) is 0 Å². The van der Waals surface area contributed by atoms with Crippen molar-refractivity contribution in [3.05, 3.63) is 47.6 Å². The van der Waals surface area contributed by atoms with Crippen LogP contribution >= 0.6 is 0 Å². The molecule has 0 saturated carbocycles. The monoisotopic (exact) mass is 324 g/mol. The summed E-state index contributed by atoms with van der Waals surface area (Å²) < 4.78 is 45.4. The first-order valence-electron chi connectivity index (χ1n) is 7.19. The summed E-state index contributed by atoms with van der Waals surface area (Å²) in [5.41, 5.74) is 0.722. The van der Waals surface area contributed by atoms with Gasteiger partial charge in [-0.05, 0) is 44.0 Å². The van der Waals surface area contributed by atoms with Gasteiger partial charge in [0.15, 0.2) is 5.76 Å². The van der Waals surface area contributed by atoms with Crippen molar-refractivity contribution in [1.29, 1.82) is 0 Å². The summed E-state index contributed by atoms with van der Waals surface area (Å²) in [5, 5.41) is 3.85. The van der Waals surface area contributed by atoms with Gasteiger partial charge in [0.25, 0.3) is 0 Å². The van der Waals surface area contributed by atoms with Crippen LogP contribution in [0, 0.1) is 12.7 Å². The summed E-state index contributed by atoms with van der Waals surface area (Å²) >= 11 is 0. The fourth-order valence-electron chi connectivity index (χ4n) is 2.76. The molecule has 7 heteroatoms. The molecule has 0 unspecified atom stereocenters. The molecule has 0 radical (unpaired) electrons. The van der Waals surface area contributed by atoms with E-state index in [-0.39, 0.29) is 10.9 Å². The largest absolute Gasteiger partial charge is 0.359 e. The number of hydrogen-bond donors (Lipinski definition) is 0. The molecule has 118 valence electrons. The van der Waals surface area contributed by atoms with E-state index in [0.717, 1.165) is 30.7 Å². The van der Waals surface area contributed by atoms with Crippen molar-refractivity contribution in [2.24, 2.45) is 0 Å². The SMILES string of the molecule is Cc1cc([C@@H]2CCCCN2S(=O)(=O)c2ccc(F)cc2)on1. The Morgan fingerprint density at radius 1 is 1.27 bits per heavy atom. The molecule has 0 N–H and O–H groups in total. The Labute approximate surface area is 128 Å². The Hall–Kier alpha value is -1.73. The average Bonchev–Trinajstić information content (AvgIpc) is 2.94. The molecule has 22 heavy (non-hydrogen) atoms. The van der Waals surface area contributed by atoms with Crippen molar-refractivity contribution in [3.8, 4) is 0 Å². The summed E-state index contributed by atoms with van der Waals surface area (Å²) in [5.74, 6) is 0.0999. The smallest absolute Gasteiger partial charge is 0.243 e. The van der Waals surface area contributed by atoms with Crippen molar-refractivity contribution >= 4 is 10.0 Å². The first-order chi connectivity index (χ1) is 10.5. The molecule has 0 spiro atoms. The summed E-state index contributed by atoms with van der Waals surface area (Å²) in [6, 6.07) is 6.31. The number of benzene rings is 1. The van der Waals surface area contributed by atoms with Crippen LogP contribution in [0.4, 0.5) is 4.39 Å². The molecule has 0 bridgehead atoms. The van der Waals surface area contributed by atoms with Crippen LogP contribution in [0.3, 0.4) is 0 Å². The minimum atomic E-state index is -3.69. The molecular formula is C15H17FN2O3S. The highest BCUT2D eigenvalue weighted by molar-refractivity contribution is 7.89. The molecule has 3 rings (SSSR count). The lowest BCUT2D eigenvalue weighted by molar-refractivity contribution is 0.210. The van der Waals surface area contributed by atoms with Gasteiger partial charge in [-0.15, -0.1) is 0 Å². The van der Waals surface area contributed by atoms with Crippen LogP contribution in [0.15, 0.2) is 39.8 Å². The van der Waals surface area contributed by atoms with E-state index in [9.17, 15) is 12.8 Å². The number of aryl methyl sites for hydroxylation is 1. The average molecular weight is 324 g/mol. The molecule has 5 nitrogen and oxygen atoms in total. The minimum Gasteiger partial charge on any atom is -0.359 e. The highest BCUT2D eigenvalue weighted by Crippen LogP contribution is 2.35. The molecule has 1 atom stereocenters. The Morgan fingerprint density at radius 2 is 2.00 bits per heavy atom. The van der Waals surface area contributed by atoms with E-state index < -0.39 is 15.8 Å². The van der Waals surface area contributed by atoms with Crippen LogP contribution in [0.25, 0.3) is 0 Å². The lowest BCUT2D eigenvalue weighted by atomic mass is 10.0. The quantitative estimate of drug-likeness (QED) is 0.870. The van der Waals surface area contributed by atoms with Gasteiger partial charge in [-0.1, -0.05) is 11.6 Å². The normalized spacial score (nSPS) is 20.2. The minimum absolute atomic E-state index is 0.0945. The second kappa shape index (κ2) is 5.81. The lowest BCUT2D eigenvalue weighted by Gasteiger charge is -2.33. The zero-order chi connectivity index (χ0) is 15.7. The van der Waals surface area contributed by atoms with Crippen LogP contribution < -0.4 is 0 Å². The van der Waals surface area contributed by atoms with Gasteiger partial charge in [0.2, 0.25) is 10.0 Å². The molecule has 0 amide bonds. The molecule has 1 aromatic carbocycles. The van der Waals surface area contributed by atoms with E-state index in [1.165, 1.54) is 16.4 Å². The van der Waals surface area contributed by atoms with E-state index in [4.69, 9.17) is 4.52 Å². The van der Waals surface area contributed by atoms with Gasteiger partial charge >= 0.3 is 0 Å². The van der Waals surface area contributed by atoms with E-state index in [2.05, 4.69) is 5.16 Å². The van der Waals surface area contributed by atoms with E-state index in [1.54, 1.807) is 13.0 Å². The van der Waals surface area contributed by atoms with E-state index in [1.807, 2.05) is 0 Å². The van der Waals surface area contributed by atoms with E-state index in [0.29, 0.717) is 18.7 Å². The van der Waals surface area contributed by atoms with Crippen molar-refractivity contribution < 1.29 is 17.3 Å². The van der Waals surface area contributed by atoms with Gasteiger partial charge in [0, 0.05) is 12.6 Å². The number of hydrogen-bond acceptors (Lipinski definition) is 4. The number of halogens is 1. The Bertz CT molecular complexity index is 755. The molecule has 0 aliphatic carbocycles. The summed E-state index contributed by atoms with van der Waals surface area (Å²) in [4.78, 5) is 0.0945. The van der Waals surface area contributed by atoms with Crippen molar-refractivity contribution in [2.45, 2.75) is 37.1 Å². The molecular weight excluding hydrogens is 307 g/mol. The maximum atomic E-state index is 13.0. The number of piperidine rings is 1. The predicted octanol–water partition coefficient (Wildman–Crippen LogP) is 3.04. The summed E-state index contributed by atoms with van der Waals surface area (Å²) in [6.07, 6.45) is 2.42. The van der Waals surface area contributed by atoms with Crippen LogP contribution in [0.5, 0.6) is 0 Å². The third-order valence-electron chi connectivity index (χ3n) is 3.85. The number of sulfonamides is 1. The highest BCUT2D eigenvalue weighted by Gasteiger charge is 2.36. The fourth-order valence-corrected chi connectivity index (χ4v) is 4.42. The summed E-state index contributed by atoms with van der Waals surface area (Å²) in [7, 11) is -3.69. The second-order valence-electron chi connectivity index (χ2n) is 5.45. The molecule has 1 aliphatic heterocycles. The molecule has 1 aliphatic rings. The van der Waals surface area contributed by atoms with Gasteiger partial charge in [-0.3, -0.25) is 0 Å². The molecule has 2 aromatic rings. The third-order valence-corrected chi connectivity index (χ3v) is 5.77. The molecule has 1 saturated heterocycles. The first kappa shape index (κ1) is 15.2. The highest BCUT2D eigenvalue weighted by atomic mass is 32.2. The fraction of sp³-hybridized carbons (Fsp3) is 0.400. The number of nitrogens with zero attached hydrogens (tertiary/aromatic N) is 2. The lowest BCUT2D eigenvalue weighted by Crippen LogP contribution is -2.38. The van der Waals surface area contributed by atoms with Crippen molar-refractivity contribution in [2.75, 3.05) is 6.54 Å². The van der Waals surface area contributed by atoms with Gasteiger partial charge in [0.05, 0.1) is 16.6 Å². The Balaban J connectivity index is 1.97. The van der Waals surface area contributed by atoms with Crippen LogP contribution in [-0.4, -0.2) is 24.4 Å². The predicted molar refractivity (Wildman–Crippen MR) is 78.1 cm³/mol. The first-order valence-corrected chi connectivity index (χ1v) is 8.63. The van der Waals surface area contributed by atoms with Crippen LogP contribution in [-0.2, 0) is 10.0 Å². The molecule has 2 heterocycles. The Morgan fingerprint density at radius 3 is 2.64 bits per heavy atom. The number of aromatic nitrogens is 1. The van der Waals surface area contributed by atoms with Crippen molar-refractivity contribution in [1.82, 2.24) is 9.46 Å². The van der Waals surface area contributed by atoms with Crippen LogP contribution in [0.1, 0.15) is 36.8 Å². The maximum absolute atomic E-state index is 13.0. The zero-order valence-electron chi connectivity index (χ0n) is 12.2. The summed E-state index contributed by atoms with van der Waals surface area (Å²) in [6.45, 7) is 2.22. The molecule has 1 fully saturated rings. The number of rotatable bonds is 3. The zero-order valence-corrected chi connectivity index (χ0v) is 13.0. The van der Waals surface area contributed by atoms with Gasteiger partial charge < -0.3 is 4.52 Å². The van der Waals surface area contributed by atoms with Gasteiger partial charge in [0.1, 0.15) is 5.82 Å². The second-order valence-corrected chi connectivity index (χ2v) is 7.34. The van der Waals surface area contributed by atoms with Gasteiger partial charge in [-0.25, -0.2) is 12.8 Å². The van der Waals surface area contributed by atoms with Crippen molar-refractivity contribution in [3.63, 3.8) is 0 Å². The van der Waals surface area contributed by atoms with E-state index >= 15 is 0 Å². The standard InChI is InChI=1S/C15H17FN2O3S/c1-11-10-15(21-17-11)14-4-2-3-9-18(14)22(19,20)13-7-5-12(16)6-8-13/h5-8,10,14H,2-4,9H2,1H3/t14-/m0/s1. The van der Waals surface area contributed by atoms with Gasteiger partial charge in [-0.2, -0.15) is 4.31 Å². The topological polar surface area (TPSA) is 63.4 Å². The Kier molecular flexibility index (Phi) is 4.01.